The molecule has 0 spiro atoms. The van der Waals surface area contributed by atoms with Gasteiger partial charge in [0.05, 0.1) is 6.04 Å². The first-order valence-electron chi connectivity index (χ1n) is 4.62. The number of aromatic nitrogens is 2. The van der Waals surface area contributed by atoms with Gasteiger partial charge in [-0.1, -0.05) is 12.2 Å². The number of nitrogens with zero attached hydrogens (tertiary/aromatic N) is 3. The fourth-order valence-corrected chi connectivity index (χ4v) is 1.64. The molecule has 5 heteroatoms. The zero-order valence-electron chi connectivity index (χ0n) is 7.67. The lowest BCUT2D eigenvalue weighted by Gasteiger charge is -2.15. The maximum Gasteiger partial charge on any atom is 0.381 e. The van der Waals surface area contributed by atoms with E-state index in [1.54, 1.807) is 4.57 Å². The van der Waals surface area contributed by atoms with Gasteiger partial charge in [0.1, 0.15) is 6.20 Å². The van der Waals surface area contributed by atoms with Crippen molar-refractivity contribution in [1.29, 1.82) is 0 Å². The smallest absolute Gasteiger partial charge is 0.358 e. The Bertz CT molecular complexity index is 370. The highest BCUT2D eigenvalue weighted by Crippen LogP contribution is 2.23. The first-order valence-corrected chi connectivity index (χ1v) is 4.62. The third-order valence-corrected chi connectivity index (χ3v) is 2.39. The van der Waals surface area contributed by atoms with Gasteiger partial charge in [-0.3, -0.25) is 0 Å². The van der Waals surface area contributed by atoms with Crippen LogP contribution < -0.4 is 0 Å². The maximum absolute atomic E-state index is 10.4. The number of nitro groups is 1. The molecule has 1 aromatic rings. The Morgan fingerprint density at radius 3 is 3.07 bits per heavy atom. The molecule has 1 aliphatic carbocycles. The number of allylic oxidation sites excluding steroid dienone is 2. The molecule has 14 heavy (non-hydrogen) atoms. The first-order chi connectivity index (χ1) is 6.77. The lowest BCUT2D eigenvalue weighted by atomic mass is 10.0. The predicted molar refractivity (Wildman–Crippen MR) is 50.9 cm³/mol. The monoisotopic (exact) mass is 193 g/mol. The minimum absolute atomic E-state index is 0.0797. The fourth-order valence-electron chi connectivity index (χ4n) is 1.64. The molecule has 0 amide bonds. The third kappa shape index (κ3) is 1.66. The van der Waals surface area contributed by atoms with E-state index in [2.05, 4.69) is 17.1 Å². The van der Waals surface area contributed by atoms with Crippen LogP contribution in [0.5, 0.6) is 0 Å². The molecule has 0 saturated heterocycles. The Hall–Kier alpha value is -1.65. The van der Waals surface area contributed by atoms with E-state index in [1.165, 1.54) is 12.5 Å². The molecule has 0 aromatic carbocycles. The minimum atomic E-state index is -0.469. The molecule has 1 aliphatic rings. The standard InChI is InChI=1S/C9H11N3O2/c13-12(14)9-6-11(7-10-9)8-4-2-1-3-5-8/h2,4,6-8H,1,3,5H2. The summed E-state index contributed by atoms with van der Waals surface area (Å²) in [4.78, 5) is 13.7. The Kier molecular flexibility index (Phi) is 2.30. The van der Waals surface area contributed by atoms with Gasteiger partial charge in [0.15, 0.2) is 0 Å². The lowest BCUT2D eigenvalue weighted by Crippen LogP contribution is -2.06. The number of rotatable bonds is 2. The quantitative estimate of drug-likeness (QED) is 0.410. The summed E-state index contributed by atoms with van der Waals surface area (Å²) in [5.74, 6) is -0.0797. The molecule has 1 aromatic heterocycles. The van der Waals surface area contributed by atoms with Crippen molar-refractivity contribution in [3.63, 3.8) is 0 Å². The second-order valence-corrected chi connectivity index (χ2v) is 3.36. The van der Waals surface area contributed by atoms with Crippen molar-refractivity contribution >= 4 is 5.82 Å². The van der Waals surface area contributed by atoms with E-state index in [0.717, 1.165) is 19.3 Å². The second kappa shape index (κ2) is 3.61. The van der Waals surface area contributed by atoms with E-state index in [0.29, 0.717) is 0 Å². The zero-order chi connectivity index (χ0) is 9.97. The van der Waals surface area contributed by atoms with Gasteiger partial charge in [0.25, 0.3) is 0 Å². The van der Waals surface area contributed by atoms with Gasteiger partial charge in [-0.15, -0.1) is 0 Å². The van der Waals surface area contributed by atoms with Crippen LogP contribution in [0.25, 0.3) is 0 Å². The molecule has 0 aliphatic heterocycles. The van der Waals surface area contributed by atoms with E-state index >= 15 is 0 Å². The molecule has 0 radical (unpaired) electrons. The average Bonchev–Trinajstić information content (AvgIpc) is 2.68. The van der Waals surface area contributed by atoms with Gasteiger partial charge in [-0.2, -0.15) is 0 Å². The van der Waals surface area contributed by atoms with Crippen molar-refractivity contribution in [2.45, 2.75) is 25.3 Å². The van der Waals surface area contributed by atoms with Crippen LogP contribution in [-0.4, -0.2) is 14.5 Å². The van der Waals surface area contributed by atoms with E-state index in [-0.39, 0.29) is 11.9 Å². The third-order valence-electron chi connectivity index (χ3n) is 2.39. The van der Waals surface area contributed by atoms with Crippen molar-refractivity contribution in [3.05, 3.63) is 34.8 Å². The molecule has 0 N–H and O–H groups in total. The molecule has 1 unspecified atom stereocenters. The SMILES string of the molecule is O=[N+]([O-])c1cn(C2C=CCCC2)cn1. The molecule has 0 fully saturated rings. The highest BCUT2D eigenvalue weighted by Gasteiger charge is 2.16. The van der Waals surface area contributed by atoms with Gasteiger partial charge in [0, 0.05) is 0 Å². The largest absolute Gasteiger partial charge is 0.381 e. The van der Waals surface area contributed by atoms with E-state index in [4.69, 9.17) is 0 Å². The fraction of sp³-hybridized carbons (Fsp3) is 0.444. The summed E-state index contributed by atoms with van der Waals surface area (Å²) >= 11 is 0. The lowest BCUT2D eigenvalue weighted by molar-refractivity contribution is -0.389. The first kappa shape index (κ1) is 8.93. The molecular formula is C9H11N3O2. The molecule has 2 rings (SSSR count). The number of hydrogen-bond acceptors (Lipinski definition) is 3. The summed E-state index contributed by atoms with van der Waals surface area (Å²) in [6.45, 7) is 0. The van der Waals surface area contributed by atoms with Gasteiger partial charge >= 0.3 is 5.82 Å². The summed E-state index contributed by atoms with van der Waals surface area (Å²) < 4.78 is 1.80. The van der Waals surface area contributed by atoms with E-state index < -0.39 is 4.92 Å². The summed E-state index contributed by atoms with van der Waals surface area (Å²) in [6, 6.07) is 0.241. The molecular weight excluding hydrogens is 182 g/mol. The molecule has 1 heterocycles. The Morgan fingerprint density at radius 1 is 1.64 bits per heavy atom. The predicted octanol–water partition coefficient (Wildman–Crippen LogP) is 2.07. The number of hydrogen-bond donors (Lipinski definition) is 0. The van der Waals surface area contributed by atoms with Crippen molar-refractivity contribution < 1.29 is 4.92 Å². The van der Waals surface area contributed by atoms with E-state index in [1.807, 2.05) is 0 Å². The van der Waals surface area contributed by atoms with Crippen LogP contribution in [0.2, 0.25) is 0 Å². The summed E-state index contributed by atoms with van der Waals surface area (Å²) in [7, 11) is 0. The van der Waals surface area contributed by atoms with Gasteiger partial charge in [-0.25, -0.2) is 0 Å². The summed E-state index contributed by atoms with van der Waals surface area (Å²) in [5.41, 5.74) is 0. The Morgan fingerprint density at radius 2 is 2.50 bits per heavy atom. The highest BCUT2D eigenvalue weighted by atomic mass is 16.6. The molecule has 74 valence electrons. The van der Waals surface area contributed by atoms with Gasteiger partial charge < -0.3 is 14.7 Å². The normalized spacial score (nSPS) is 21.0. The van der Waals surface area contributed by atoms with E-state index in [9.17, 15) is 10.1 Å². The Labute approximate surface area is 81.2 Å². The Balaban J connectivity index is 2.19. The minimum Gasteiger partial charge on any atom is -0.358 e. The molecule has 0 saturated carbocycles. The maximum atomic E-state index is 10.4. The van der Waals surface area contributed by atoms with Crippen LogP contribution >= 0.6 is 0 Å². The highest BCUT2D eigenvalue weighted by molar-refractivity contribution is 5.14. The van der Waals surface area contributed by atoms with Crippen LogP contribution in [0, 0.1) is 10.1 Å². The van der Waals surface area contributed by atoms with Crippen molar-refractivity contribution in [2.75, 3.05) is 0 Å². The van der Waals surface area contributed by atoms with Crippen LogP contribution in [-0.2, 0) is 0 Å². The van der Waals surface area contributed by atoms with Gasteiger partial charge in [0.2, 0.25) is 6.33 Å². The van der Waals surface area contributed by atoms with Crippen LogP contribution in [0.15, 0.2) is 24.7 Å². The van der Waals surface area contributed by atoms with Crippen molar-refractivity contribution in [3.8, 4) is 0 Å². The zero-order valence-corrected chi connectivity index (χ0v) is 7.67. The average molecular weight is 193 g/mol. The van der Waals surface area contributed by atoms with Crippen molar-refractivity contribution in [1.82, 2.24) is 9.55 Å². The van der Waals surface area contributed by atoms with Crippen molar-refractivity contribution in [2.24, 2.45) is 0 Å². The molecule has 1 atom stereocenters. The van der Waals surface area contributed by atoms with Gasteiger partial charge in [-0.05, 0) is 29.2 Å². The topological polar surface area (TPSA) is 61.0 Å². The number of imidazole rings is 1. The summed E-state index contributed by atoms with van der Waals surface area (Å²) in [6.07, 6.45) is 10.5. The van der Waals surface area contributed by atoms with Crippen LogP contribution in [0.4, 0.5) is 5.82 Å². The summed E-state index contributed by atoms with van der Waals surface area (Å²) in [5, 5.41) is 10.4. The molecule has 0 bridgehead atoms. The van der Waals surface area contributed by atoms with Crippen LogP contribution in [0.3, 0.4) is 0 Å². The van der Waals surface area contributed by atoms with Crippen LogP contribution in [0.1, 0.15) is 25.3 Å². The second-order valence-electron chi connectivity index (χ2n) is 3.36. The molecule has 5 nitrogen and oxygen atoms in total.